The molecule has 0 aliphatic heterocycles. The summed E-state index contributed by atoms with van der Waals surface area (Å²) in [5, 5.41) is 3.01. The molecule has 0 bridgehead atoms. The molecule has 15 heavy (non-hydrogen) atoms. The van der Waals surface area contributed by atoms with Gasteiger partial charge >= 0.3 is 0 Å². The lowest BCUT2D eigenvalue weighted by atomic mass is 10.2. The van der Waals surface area contributed by atoms with E-state index < -0.39 is 0 Å². The van der Waals surface area contributed by atoms with Crippen LogP contribution in [0.2, 0.25) is 0 Å². The third-order valence-electron chi connectivity index (χ3n) is 2.63. The van der Waals surface area contributed by atoms with Crippen LogP contribution in [-0.2, 0) is 0 Å². The molecule has 0 spiro atoms. The molecule has 0 saturated heterocycles. The second kappa shape index (κ2) is 4.91. The number of pyridine rings is 1. The minimum absolute atomic E-state index is 0.280. The monoisotopic (exact) mass is 206 g/mol. The third-order valence-corrected chi connectivity index (χ3v) is 2.63. The zero-order valence-electron chi connectivity index (χ0n) is 8.67. The van der Waals surface area contributed by atoms with E-state index >= 15 is 0 Å². The van der Waals surface area contributed by atoms with Crippen molar-refractivity contribution in [1.82, 2.24) is 4.98 Å². The SMILES string of the molecule is Fc1cccnc1NCCC1=CCCC1. The number of hydrogen-bond donors (Lipinski definition) is 1. The molecule has 0 saturated carbocycles. The van der Waals surface area contributed by atoms with Crippen LogP contribution in [0.15, 0.2) is 30.0 Å². The first-order valence-electron chi connectivity index (χ1n) is 5.38. The number of nitrogens with one attached hydrogen (secondary N) is 1. The summed E-state index contributed by atoms with van der Waals surface area (Å²) in [4.78, 5) is 3.94. The van der Waals surface area contributed by atoms with Gasteiger partial charge in [-0.1, -0.05) is 11.6 Å². The molecule has 2 rings (SSSR count). The molecule has 1 heterocycles. The Labute approximate surface area is 89.2 Å². The molecule has 0 radical (unpaired) electrons. The first-order valence-corrected chi connectivity index (χ1v) is 5.38. The summed E-state index contributed by atoms with van der Waals surface area (Å²) in [5.41, 5.74) is 1.49. The highest BCUT2D eigenvalue weighted by atomic mass is 19.1. The molecule has 0 unspecified atom stereocenters. The van der Waals surface area contributed by atoms with Gasteiger partial charge in [0.2, 0.25) is 0 Å². The summed E-state index contributed by atoms with van der Waals surface area (Å²) in [6.45, 7) is 0.764. The highest BCUT2D eigenvalue weighted by Crippen LogP contribution is 2.20. The van der Waals surface area contributed by atoms with Gasteiger partial charge in [0.1, 0.15) is 0 Å². The Hall–Kier alpha value is -1.38. The first-order chi connectivity index (χ1) is 7.36. The van der Waals surface area contributed by atoms with Crippen LogP contribution < -0.4 is 5.32 Å². The Kier molecular flexibility index (Phi) is 3.33. The van der Waals surface area contributed by atoms with Gasteiger partial charge in [-0.15, -0.1) is 0 Å². The van der Waals surface area contributed by atoms with Crippen molar-refractivity contribution in [2.24, 2.45) is 0 Å². The van der Waals surface area contributed by atoms with E-state index in [1.54, 1.807) is 12.3 Å². The summed E-state index contributed by atoms with van der Waals surface area (Å²) < 4.78 is 13.2. The van der Waals surface area contributed by atoms with Gasteiger partial charge in [0, 0.05) is 12.7 Å². The smallest absolute Gasteiger partial charge is 0.165 e. The van der Waals surface area contributed by atoms with E-state index in [9.17, 15) is 4.39 Å². The van der Waals surface area contributed by atoms with Gasteiger partial charge in [0.05, 0.1) is 0 Å². The molecule has 2 nitrogen and oxygen atoms in total. The van der Waals surface area contributed by atoms with Crippen molar-refractivity contribution in [3.63, 3.8) is 0 Å². The Morgan fingerprint density at radius 3 is 3.13 bits per heavy atom. The molecular weight excluding hydrogens is 191 g/mol. The van der Waals surface area contributed by atoms with E-state index in [0.29, 0.717) is 5.82 Å². The molecular formula is C12H15FN2. The Balaban J connectivity index is 1.80. The number of anilines is 1. The molecule has 0 atom stereocenters. The molecule has 1 N–H and O–H groups in total. The van der Waals surface area contributed by atoms with Crippen molar-refractivity contribution >= 4 is 5.82 Å². The maximum absolute atomic E-state index is 13.2. The molecule has 0 aromatic carbocycles. The van der Waals surface area contributed by atoms with E-state index in [2.05, 4.69) is 16.4 Å². The average molecular weight is 206 g/mol. The summed E-state index contributed by atoms with van der Waals surface area (Å²) in [6, 6.07) is 3.02. The van der Waals surface area contributed by atoms with Crippen LogP contribution in [0.4, 0.5) is 10.2 Å². The van der Waals surface area contributed by atoms with Crippen LogP contribution in [0.5, 0.6) is 0 Å². The van der Waals surface area contributed by atoms with Crippen molar-refractivity contribution in [2.75, 3.05) is 11.9 Å². The molecule has 1 aromatic heterocycles. The maximum atomic E-state index is 13.2. The fraction of sp³-hybridized carbons (Fsp3) is 0.417. The first kappa shape index (κ1) is 10.1. The normalized spacial score (nSPS) is 15.1. The minimum atomic E-state index is -0.280. The second-order valence-electron chi connectivity index (χ2n) is 3.77. The highest BCUT2D eigenvalue weighted by molar-refractivity contribution is 5.35. The molecule has 1 aliphatic rings. The van der Waals surface area contributed by atoms with Crippen molar-refractivity contribution < 1.29 is 4.39 Å². The Bertz CT molecular complexity index is 360. The molecule has 3 heteroatoms. The van der Waals surface area contributed by atoms with E-state index in [1.807, 2.05) is 0 Å². The standard InChI is InChI=1S/C12H15FN2/c13-11-6-3-8-14-12(11)15-9-7-10-4-1-2-5-10/h3-4,6,8H,1-2,5,7,9H2,(H,14,15). The zero-order valence-corrected chi connectivity index (χ0v) is 8.67. The van der Waals surface area contributed by atoms with Gasteiger partial charge in [-0.05, 0) is 37.8 Å². The number of allylic oxidation sites excluding steroid dienone is 1. The predicted octanol–water partition coefficient (Wildman–Crippen LogP) is 3.13. The van der Waals surface area contributed by atoms with Crippen LogP contribution in [0.25, 0.3) is 0 Å². The largest absolute Gasteiger partial charge is 0.367 e. The lowest BCUT2D eigenvalue weighted by molar-refractivity contribution is 0.624. The Morgan fingerprint density at radius 1 is 1.47 bits per heavy atom. The fourth-order valence-corrected chi connectivity index (χ4v) is 1.82. The van der Waals surface area contributed by atoms with Crippen molar-refractivity contribution in [1.29, 1.82) is 0 Å². The van der Waals surface area contributed by atoms with Crippen LogP contribution in [0, 0.1) is 5.82 Å². The highest BCUT2D eigenvalue weighted by Gasteiger charge is 2.05. The fourth-order valence-electron chi connectivity index (χ4n) is 1.82. The lowest BCUT2D eigenvalue weighted by Crippen LogP contribution is -2.05. The van der Waals surface area contributed by atoms with Gasteiger partial charge in [0.25, 0.3) is 0 Å². The van der Waals surface area contributed by atoms with Gasteiger partial charge < -0.3 is 5.32 Å². The van der Waals surface area contributed by atoms with Crippen LogP contribution in [-0.4, -0.2) is 11.5 Å². The van der Waals surface area contributed by atoms with Crippen LogP contribution >= 0.6 is 0 Å². The number of hydrogen-bond acceptors (Lipinski definition) is 2. The lowest BCUT2D eigenvalue weighted by Gasteiger charge is -2.06. The molecule has 1 aliphatic carbocycles. The molecule has 80 valence electrons. The summed E-state index contributed by atoms with van der Waals surface area (Å²) >= 11 is 0. The number of rotatable bonds is 4. The number of halogens is 1. The van der Waals surface area contributed by atoms with E-state index in [-0.39, 0.29) is 5.82 Å². The van der Waals surface area contributed by atoms with Gasteiger partial charge in [0.15, 0.2) is 11.6 Å². The topological polar surface area (TPSA) is 24.9 Å². The van der Waals surface area contributed by atoms with Crippen molar-refractivity contribution in [3.05, 3.63) is 35.8 Å². The summed E-state index contributed by atoms with van der Waals surface area (Å²) in [6.07, 6.45) is 8.56. The Morgan fingerprint density at radius 2 is 2.40 bits per heavy atom. The number of aromatic nitrogens is 1. The van der Waals surface area contributed by atoms with Gasteiger partial charge in [-0.2, -0.15) is 0 Å². The van der Waals surface area contributed by atoms with E-state index in [0.717, 1.165) is 13.0 Å². The third kappa shape index (κ3) is 2.78. The maximum Gasteiger partial charge on any atom is 0.165 e. The average Bonchev–Trinajstić information content (AvgIpc) is 2.74. The van der Waals surface area contributed by atoms with Crippen LogP contribution in [0.1, 0.15) is 25.7 Å². The quantitative estimate of drug-likeness (QED) is 0.765. The van der Waals surface area contributed by atoms with Crippen LogP contribution in [0.3, 0.4) is 0 Å². The van der Waals surface area contributed by atoms with Gasteiger partial charge in [-0.25, -0.2) is 9.37 Å². The number of nitrogens with zero attached hydrogens (tertiary/aromatic N) is 1. The molecule has 1 aromatic rings. The molecule has 0 fully saturated rings. The van der Waals surface area contributed by atoms with Gasteiger partial charge in [-0.3, -0.25) is 0 Å². The zero-order chi connectivity index (χ0) is 10.5. The summed E-state index contributed by atoms with van der Waals surface area (Å²) in [7, 11) is 0. The molecule has 0 amide bonds. The van der Waals surface area contributed by atoms with E-state index in [1.165, 1.54) is 30.9 Å². The van der Waals surface area contributed by atoms with Crippen molar-refractivity contribution in [2.45, 2.75) is 25.7 Å². The second-order valence-corrected chi connectivity index (χ2v) is 3.77. The summed E-state index contributed by atoms with van der Waals surface area (Å²) in [5.74, 6) is 0.0778. The predicted molar refractivity (Wildman–Crippen MR) is 59.2 cm³/mol. The van der Waals surface area contributed by atoms with E-state index in [4.69, 9.17) is 0 Å². The minimum Gasteiger partial charge on any atom is -0.367 e. The van der Waals surface area contributed by atoms with Crippen molar-refractivity contribution in [3.8, 4) is 0 Å².